The van der Waals surface area contributed by atoms with Gasteiger partial charge in [-0.15, -0.1) is 22.7 Å². The van der Waals surface area contributed by atoms with Gasteiger partial charge in [-0.3, -0.25) is 4.79 Å². The summed E-state index contributed by atoms with van der Waals surface area (Å²) in [5.41, 5.74) is 2.22. The van der Waals surface area contributed by atoms with Crippen LogP contribution in [0.4, 0.5) is 0 Å². The number of hydrogen-bond donors (Lipinski definition) is 0. The van der Waals surface area contributed by atoms with Crippen LogP contribution < -0.4 is 0 Å². The highest BCUT2D eigenvalue weighted by Crippen LogP contribution is 2.15. The molecular weight excluding hydrogens is 252 g/mol. The fourth-order valence-electron chi connectivity index (χ4n) is 1.56. The number of carbonyl (C=O) groups is 1. The molecule has 3 nitrogen and oxygen atoms in total. The molecule has 2 rings (SSSR count). The zero-order chi connectivity index (χ0) is 12.3. The van der Waals surface area contributed by atoms with E-state index in [9.17, 15) is 4.79 Å². The standard InChI is InChI=1S/C12H14N2OS2/c1-9(6-10-4-3-5-17-10)14(2)12(15)11-7-16-8-13-11/h3-5,7-9H,6H2,1-2H3. The smallest absolute Gasteiger partial charge is 0.273 e. The Bertz CT molecular complexity index is 465. The van der Waals surface area contributed by atoms with Gasteiger partial charge in [0.05, 0.1) is 5.51 Å². The Morgan fingerprint density at radius 3 is 3.00 bits per heavy atom. The van der Waals surface area contributed by atoms with Gasteiger partial charge in [-0.05, 0) is 18.4 Å². The summed E-state index contributed by atoms with van der Waals surface area (Å²) in [5.74, 6) is -0.00435. The van der Waals surface area contributed by atoms with E-state index in [4.69, 9.17) is 0 Å². The van der Waals surface area contributed by atoms with Crippen molar-refractivity contribution in [3.63, 3.8) is 0 Å². The second-order valence-electron chi connectivity index (χ2n) is 3.92. The van der Waals surface area contributed by atoms with Crippen molar-refractivity contribution in [1.82, 2.24) is 9.88 Å². The van der Waals surface area contributed by atoms with E-state index in [1.807, 2.05) is 13.1 Å². The molecule has 1 atom stereocenters. The molecule has 0 aliphatic heterocycles. The lowest BCUT2D eigenvalue weighted by atomic mass is 10.2. The molecule has 0 radical (unpaired) electrons. The molecule has 0 N–H and O–H groups in total. The van der Waals surface area contributed by atoms with Crippen molar-refractivity contribution in [1.29, 1.82) is 0 Å². The van der Waals surface area contributed by atoms with E-state index < -0.39 is 0 Å². The van der Waals surface area contributed by atoms with Gasteiger partial charge in [0.25, 0.3) is 5.91 Å². The molecule has 0 aliphatic rings. The van der Waals surface area contributed by atoms with Gasteiger partial charge in [0, 0.05) is 29.8 Å². The summed E-state index contributed by atoms with van der Waals surface area (Å²) < 4.78 is 0. The van der Waals surface area contributed by atoms with Crippen molar-refractivity contribution in [2.75, 3.05) is 7.05 Å². The molecule has 2 aromatic heterocycles. The molecule has 2 aromatic rings. The Morgan fingerprint density at radius 1 is 1.59 bits per heavy atom. The molecule has 0 bridgehead atoms. The lowest BCUT2D eigenvalue weighted by Crippen LogP contribution is -2.36. The first kappa shape index (κ1) is 12.3. The van der Waals surface area contributed by atoms with Gasteiger partial charge in [0.15, 0.2) is 0 Å². The van der Waals surface area contributed by atoms with E-state index in [1.165, 1.54) is 16.2 Å². The van der Waals surface area contributed by atoms with Crippen molar-refractivity contribution in [2.24, 2.45) is 0 Å². The van der Waals surface area contributed by atoms with Crippen LogP contribution >= 0.6 is 22.7 Å². The van der Waals surface area contributed by atoms with Gasteiger partial charge in [-0.25, -0.2) is 4.98 Å². The summed E-state index contributed by atoms with van der Waals surface area (Å²) in [7, 11) is 1.83. The number of rotatable bonds is 4. The van der Waals surface area contributed by atoms with Gasteiger partial charge in [0.2, 0.25) is 0 Å². The van der Waals surface area contributed by atoms with E-state index >= 15 is 0 Å². The lowest BCUT2D eigenvalue weighted by molar-refractivity contribution is 0.0739. The lowest BCUT2D eigenvalue weighted by Gasteiger charge is -2.23. The number of hydrogen-bond acceptors (Lipinski definition) is 4. The summed E-state index contributed by atoms with van der Waals surface area (Å²) in [5, 5.41) is 3.85. The maximum absolute atomic E-state index is 12.0. The average molecular weight is 266 g/mol. The molecular formula is C12H14N2OS2. The van der Waals surface area contributed by atoms with Crippen LogP contribution in [0.25, 0.3) is 0 Å². The van der Waals surface area contributed by atoms with Crippen molar-refractivity contribution >= 4 is 28.6 Å². The third kappa shape index (κ3) is 2.92. The first-order valence-electron chi connectivity index (χ1n) is 5.36. The highest BCUT2D eigenvalue weighted by Gasteiger charge is 2.19. The van der Waals surface area contributed by atoms with Crippen LogP contribution in [0, 0.1) is 0 Å². The molecule has 0 aromatic carbocycles. The zero-order valence-corrected chi connectivity index (χ0v) is 11.4. The summed E-state index contributed by atoms with van der Waals surface area (Å²) in [6, 6.07) is 4.32. The number of nitrogens with zero attached hydrogens (tertiary/aromatic N) is 2. The van der Waals surface area contributed by atoms with Crippen LogP contribution in [-0.4, -0.2) is 28.9 Å². The monoisotopic (exact) mass is 266 g/mol. The Kier molecular flexibility index (Phi) is 3.91. The summed E-state index contributed by atoms with van der Waals surface area (Å²) in [6.45, 7) is 2.06. The minimum atomic E-state index is -0.00435. The first-order chi connectivity index (χ1) is 8.18. The molecule has 1 unspecified atom stereocenters. The molecule has 5 heteroatoms. The number of thiazole rings is 1. The third-order valence-corrected chi connectivity index (χ3v) is 4.19. The SMILES string of the molecule is CC(Cc1cccs1)N(C)C(=O)c1cscn1. The number of thiophene rings is 1. The summed E-state index contributed by atoms with van der Waals surface area (Å²) in [4.78, 5) is 19.2. The van der Waals surface area contributed by atoms with Gasteiger partial charge in [-0.1, -0.05) is 6.07 Å². The Balaban J connectivity index is 2.00. The van der Waals surface area contributed by atoms with E-state index in [1.54, 1.807) is 27.1 Å². The molecule has 17 heavy (non-hydrogen) atoms. The topological polar surface area (TPSA) is 33.2 Å². The van der Waals surface area contributed by atoms with Crippen molar-refractivity contribution in [3.05, 3.63) is 39.0 Å². The fraction of sp³-hybridized carbons (Fsp3) is 0.333. The maximum atomic E-state index is 12.0. The van der Waals surface area contributed by atoms with Crippen molar-refractivity contribution in [3.8, 4) is 0 Å². The number of aromatic nitrogens is 1. The van der Waals surface area contributed by atoms with E-state index in [2.05, 4.69) is 23.4 Å². The normalized spacial score (nSPS) is 12.4. The highest BCUT2D eigenvalue weighted by atomic mass is 32.1. The average Bonchev–Trinajstić information content (AvgIpc) is 2.99. The van der Waals surface area contributed by atoms with Crippen molar-refractivity contribution in [2.45, 2.75) is 19.4 Å². The van der Waals surface area contributed by atoms with Crippen LogP contribution in [-0.2, 0) is 6.42 Å². The fourth-order valence-corrected chi connectivity index (χ4v) is 2.91. The van der Waals surface area contributed by atoms with Gasteiger partial charge in [0.1, 0.15) is 5.69 Å². The van der Waals surface area contributed by atoms with Crippen LogP contribution in [0.3, 0.4) is 0 Å². The quantitative estimate of drug-likeness (QED) is 0.852. The predicted octanol–water partition coefficient (Wildman–Crippen LogP) is 2.91. The molecule has 0 fully saturated rings. The van der Waals surface area contributed by atoms with Crippen LogP contribution in [0.1, 0.15) is 22.3 Å². The van der Waals surface area contributed by atoms with Gasteiger partial charge < -0.3 is 4.90 Å². The molecule has 0 saturated carbocycles. The number of likely N-dealkylation sites (N-methyl/N-ethyl adjacent to an activating group) is 1. The van der Waals surface area contributed by atoms with E-state index in [0.717, 1.165) is 6.42 Å². The van der Waals surface area contributed by atoms with Crippen LogP contribution in [0.2, 0.25) is 0 Å². The molecule has 90 valence electrons. The first-order valence-corrected chi connectivity index (χ1v) is 7.18. The molecule has 2 heterocycles. The van der Waals surface area contributed by atoms with E-state index in [0.29, 0.717) is 5.69 Å². The second-order valence-corrected chi connectivity index (χ2v) is 5.67. The van der Waals surface area contributed by atoms with Gasteiger partial charge >= 0.3 is 0 Å². The minimum absolute atomic E-state index is 0.00435. The van der Waals surface area contributed by atoms with Crippen LogP contribution in [0.5, 0.6) is 0 Å². The number of amides is 1. The largest absolute Gasteiger partial charge is 0.337 e. The Hall–Kier alpha value is -1.20. The molecule has 1 amide bonds. The molecule has 0 spiro atoms. The minimum Gasteiger partial charge on any atom is -0.337 e. The zero-order valence-electron chi connectivity index (χ0n) is 9.79. The highest BCUT2D eigenvalue weighted by molar-refractivity contribution is 7.09. The molecule has 0 aliphatic carbocycles. The van der Waals surface area contributed by atoms with Crippen LogP contribution in [0.15, 0.2) is 28.4 Å². The van der Waals surface area contributed by atoms with Gasteiger partial charge in [-0.2, -0.15) is 0 Å². The Morgan fingerprint density at radius 2 is 2.41 bits per heavy atom. The molecule has 0 saturated heterocycles. The van der Waals surface area contributed by atoms with E-state index in [-0.39, 0.29) is 11.9 Å². The maximum Gasteiger partial charge on any atom is 0.273 e. The summed E-state index contributed by atoms with van der Waals surface area (Å²) in [6.07, 6.45) is 0.893. The summed E-state index contributed by atoms with van der Waals surface area (Å²) >= 11 is 3.17. The number of carbonyl (C=O) groups excluding carboxylic acids is 1. The predicted molar refractivity (Wildman–Crippen MR) is 71.7 cm³/mol. The third-order valence-electron chi connectivity index (χ3n) is 2.71. The van der Waals surface area contributed by atoms with Crippen molar-refractivity contribution < 1.29 is 4.79 Å². The second kappa shape index (κ2) is 5.42. The Labute approximate surface area is 109 Å².